The van der Waals surface area contributed by atoms with Crippen molar-refractivity contribution in [3.63, 3.8) is 0 Å². The molecular weight excluding hydrogens is 206 g/mol. The molecule has 5 heteroatoms. The maximum Gasteiger partial charge on any atom is 0.411 e. The van der Waals surface area contributed by atoms with Crippen LogP contribution >= 0.6 is 0 Å². The molecule has 0 aromatic carbocycles. The molecule has 0 spiro atoms. The zero-order valence-corrected chi connectivity index (χ0v) is 9.56. The van der Waals surface area contributed by atoms with Crippen molar-refractivity contribution in [2.24, 2.45) is 0 Å². The second-order valence-electron chi connectivity index (χ2n) is 3.68. The van der Waals surface area contributed by atoms with Gasteiger partial charge in [-0.3, -0.25) is 10.3 Å². The summed E-state index contributed by atoms with van der Waals surface area (Å²) in [7, 11) is 5.13. The lowest BCUT2D eigenvalue weighted by atomic mass is 10.0. The number of rotatable bonds is 2. The van der Waals surface area contributed by atoms with E-state index in [9.17, 15) is 4.79 Å². The van der Waals surface area contributed by atoms with E-state index in [2.05, 4.69) is 0 Å². The highest BCUT2D eigenvalue weighted by molar-refractivity contribution is 6.14. The molecule has 0 heterocycles. The Bertz CT molecular complexity index is 405. The van der Waals surface area contributed by atoms with Crippen molar-refractivity contribution >= 4 is 11.8 Å². The van der Waals surface area contributed by atoms with Crippen LogP contribution in [-0.2, 0) is 0 Å². The lowest BCUT2D eigenvalue weighted by Crippen LogP contribution is -2.30. The van der Waals surface area contributed by atoms with E-state index in [-0.39, 0.29) is 5.71 Å². The summed E-state index contributed by atoms with van der Waals surface area (Å²) >= 11 is 0. The van der Waals surface area contributed by atoms with Gasteiger partial charge < -0.3 is 10.0 Å². The topological polar surface area (TPSA) is 67.6 Å². The van der Waals surface area contributed by atoms with E-state index in [1.54, 1.807) is 24.4 Å². The third kappa shape index (κ3) is 2.50. The Morgan fingerprint density at radius 2 is 2.06 bits per heavy atom. The number of allylic oxidation sites excluding steroid dienone is 4. The number of hydrogen-bond donors (Lipinski definition) is 2. The summed E-state index contributed by atoms with van der Waals surface area (Å²) in [5.74, 6) is 0. The van der Waals surface area contributed by atoms with Gasteiger partial charge in [0.1, 0.15) is 0 Å². The molecule has 0 bridgehead atoms. The number of nitrogens with one attached hydrogen (secondary N) is 1. The van der Waals surface area contributed by atoms with Gasteiger partial charge in [0.25, 0.3) is 0 Å². The molecule has 0 aliphatic heterocycles. The summed E-state index contributed by atoms with van der Waals surface area (Å²) in [6.45, 7) is 0. The average Bonchev–Trinajstić information content (AvgIpc) is 2.19. The monoisotopic (exact) mass is 221 g/mol. The Morgan fingerprint density at radius 3 is 2.56 bits per heavy atom. The van der Waals surface area contributed by atoms with E-state index < -0.39 is 6.09 Å². The summed E-state index contributed by atoms with van der Waals surface area (Å²) in [4.78, 5) is 13.7. The van der Waals surface area contributed by atoms with Crippen LogP contribution in [0.3, 0.4) is 0 Å². The first-order valence-electron chi connectivity index (χ1n) is 4.76. The number of hydrogen-bond acceptors (Lipinski definition) is 3. The zero-order valence-electron chi connectivity index (χ0n) is 9.56. The van der Waals surface area contributed by atoms with Gasteiger partial charge in [-0.05, 0) is 6.08 Å². The molecule has 0 saturated heterocycles. The number of carbonyl (C=O) groups is 1. The van der Waals surface area contributed by atoms with Crippen molar-refractivity contribution in [2.45, 2.75) is 0 Å². The minimum absolute atomic E-state index is 0.209. The Kier molecular flexibility index (Phi) is 3.50. The zero-order chi connectivity index (χ0) is 12.3. The van der Waals surface area contributed by atoms with Crippen LogP contribution in [0.5, 0.6) is 0 Å². The molecule has 0 unspecified atom stereocenters. The van der Waals surface area contributed by atoms with E-state index in [4.69, 9.17) is 10.5 Å². The van der Waals surface area contributed by atoms with Crippen LogP contribution in [0.4, 0.5) is 4.79 Å². The standard InChI is InChI=1S/C11H15N3O2/c1-13(2)7-8-5-4-6-9(10(8)12)14(3)11(15)16/h4-7,12H,1-3H3,(H,15,16). The quantitative estimate of drug-likeness (QED) is 0.742. The van der Waals surface area contributed by atoms with Gasteiger partial charge in [-0.25, -0.2) is 4.79 Å². The summed E-state index contributed by atoms with van der Waals surface area (Å²) in [6, 6.07) is 0. The van der Waals surface area contributed by atoms with Crippen LogP contribution in [0.25, 0.3) is 0 Å². The van der Waals surface area contributed by atoms with Gasteiger partial charge in [0, 0.05) is 32.9 Å². The van der Waals surface area contributed by atoms with Crippen LogP contribution in [0, 0.1) is 5.41 Å². The van der Waals surface area contributed by atoms with Crippen LogP contribution in [0.1, 0.15) is 0 Å². The predicted octanol–water partition coefficient (Wildman–Crippen LogP) is 1.52. The highest BCUT2D eigenvalue weighted by Gasteiger charge is 2.19. The summed E-state index contributed by atoms with van der Waals surface area (Å²) in [5.41, 5.74) is 1.28. The molecule has 0 saturated carbocycles. The Balaban J connectivity index is 3.00. The third-order valence-electron chi connectivity index (χ3n) is 2.12. The summed E-state index contributed by atoms with van der Waals surface area (Å²) in [5, 5.41) is 16.8. The summed E-state index contributed by atoms with van der Waals surface area (Å²) < 4.78 is 0. The van der Waals surface area contributed by atoms with Crippen molar-refractivity contribution in [2.75, 3.05) is 21.1 Å². The maximum atomic E-state index is 10.8. The van der Waals surface area contributed by atoms with Crippen LogP contribution in [0.15, 0.2) is 35.7 Å². The van der Waals surface area contributed by atoms with Crippen molar-refractivity contribution in [3.05, 3.63) is 35.7 Å². The lowest BCUT2D eigenvalue weighted by Gasteiger charge is -2.21. The van der Waals surface area contributed by atoms with Gasteiger partial charge >= 0.3 is 6.09 Å². The van der Waals surface area contributed by atoms with Crippen molar-refractivity contribution in [1.82, 2.24) is 9.80 Å². The molecule has 16 heavy (non-hydrogen) atoms. The normalized spacial score (nSPS) is 17.3. The fraction of sp³-hybridized carbons (Fsp3) is 0.273. The van der Waals surface area contributed by atoms with Crippen molar-refractivity contribution in [1.29, 1.82) is 5.41 Å². The van der Waals surface area contributed by atoms with Crippen LogP contribution in [0.2, 0.25) is 0 Å². The smallest absolute Gasteiger partial charge is 0.411 e. The Labute approximate surface area is 94.5 Å². The maximum absolute atomic E-state index is 10.8. The van der Waals surface area contributed by atoms with Crippen LogP contribution < -0.4 is 0 Å². The minimum atomic E-state index is -1.07. The van der Waals surface area contributed by atoms with Gasteiger partial charge in [-0.15, -0.1) is 0 Å². The van der Waals surface area contributed by atoms with E-state index in [1.807, 2.05) is 19.0 Å². The first kappa shape index (κ1) is 12.0. The average molecular weight is 221 g/mol. The molecule has 0 fully saturated rings. The van der Waals surface area contributed by atoms with E-state index in [0.29, 0.717) is 11.3 Å². The molecule has 0 radical (unpaired) electrons. The van der Waals surface area contributed by atoms with Gasteiger partial charge in [-0.2, -0.15) is 0 Å². The SMILES string of the molecule is CN(C)C=C1C=CC=C(N(C)C(=O)O)C1=N. The Morgan fingerprint density at radius 1 is 1.44 bits per heavy atom. The van der Waals surface area contributed by atoms with Crippen LogP contribution in [-0.4, -0.2) is 47.9 Å². The number of carboxylic acid groups (broad SMARTS) is 1. The largest absolute Gasteiger partial charge is 0.465 e. The minimum Gasteiger partial charge on any atom is -0.465 e. The molecule has 1 rings (SSSR count). The molecule has 1 aliphatic rings. The molecule has 0 aromatic rings. The highest BCUT2D eigenvalue weighted by Crippen LogP contribution is 2.17. The molecule has 1 aliphatic carbocycles. The first-order valence-corrected chi connectivity index (χ1v) is 4.76. The highest BCUT2D eigenvalue weighted by atomic mass is 16.4. The molecule has 0 aromatic heterocycles. The van der Waals surface area contributed by atoms with Gasteiger partial charge in [0.2, 0.25) is 0 Å². The van der Waals surface area contributed by atoms with Gasteiger partial charge in [-0.1, -0.05) is 12.2 Å². The predicted molar refractivity (Wildman–Crippen MR) is 62.5 cm³/mol. The summed E-state index contributed by atoms with van der Waals surface area (Å²) in [6.07, 6.45) is 5.84. The third-order valence-corrected chi connectivity index (χ3v) is 2.12. The molecule has 0 atom stereocenters. The molecule has 86 valence electrons. The van der Waals surface area contributed by atoms with E-state index in [0.717, 1.165) is 4.90 Å². The van der Waals surface area contributed by atoms with Crippen molar-refractivity contribution < 1.29 is 9.90 Å². The van der Waals surface area contributed by atoms with Crippen molar-refractivity contribution in [3.8, 4) is 0 Å². The number of nitrogens with zero attached hydrogens (tertiary/aromatic N) is 2. The fourth-order valence-electron chi connectivity index (χ4n) is 1.33. The fourth-order valence-corrected chi connectivity index (χ4v) is 1.33. The molecule has 2 N–H and O–H groups in total. The first-order chi connectivity index (χ1) is 7.43. The molecular formula is C11H15N3O2. The van der Waals surface area contributed by atoms with E-state index in [1.165, 1.54) is 7.05 Å². The number of amides is 1. The molecule has 1 amide bonds. The van der Waals surface area contributed by atoms with Gasteiger partial charge in [0.15, 0.2) is 0 Å². The van der Waals surface area contributed by atoms with E-state index >= 15 is 0 Å². The lowest BCUT2D eigenvalue weighted by molar-refractivity contribution is 0.168. The molecule has 5 nitrogen and oxygen atoms in total. The Hall–Kier alpha value is -2.04. The van der Waals surface area contributed by atoms with Gasteiger partial charge in [0.05, 0.1) is 11.4 Å². The second-order valence-corrected chi connectivity index (χ2v) is 3.68. The second kappa shape index (κ2) is 4.65.